The molecule has 0 bridgehead atoms. The van der Waals surface area contributed by atoms with Crippen molar-refractivity contribution < 1.29 is 38.8 Å². The minimum absolute atomic E-state index is 0.0285. The summed E-state index contributed by atoms with van der Waals surface area (Å²) in [5.41, 5.74) is -1.20. The van der Waals surface area contributed by atoms with Crippen LogP contribution >= 0.6 is 0 Å². The second-order valence-electron chi connectivity index (χ2n) is 5.90. The predicted molar refractivity (Wildman–Crippen MR) is 94.3 cm³/mol. The van der Waals surface area contributed by atoms with E-state index < -0.39 is 42.5 Å². The van der Waals surface area contributed by atoms with E-state index in [-0.39, 0.29) is 19.8 Å². The Morgan fingerprint density at radius 3 is 2.22 bits per heavy atom. The summed E-state index contributed by atoms with van der Waals surface area (Å²) < 4.78 is 14.8. The monoisotopic (exact) mass is 382 g/mol. The molecule has 0 saturated carbocycles. The molecule has 0 aromatic heterocycles. The van der Waals surface area contributed by atoms with E-state index in [9.17, 15) is 24.6 Å². The Morgan fingerprint density at radius 2 is 1.63 bits per heavy atom. The third-order valence-corrected chi connectivity index (χ3v) is 3.81. The predicted octanol–water partition coefficient (Wildman–Crippen LogP) is 1.42. The molecule has 0 aliphatic carbocycles. The van der Waals surface area contributed by atoms with Gasteiger partial charge < -0.3 is 24.4 Å². The molecule has 0 amide bonds. The summed E-state index contributed by atoms with van der Waals surface area (Å²) in [7, 11) is 0. The number of aliphatic hydroxyl groups is 2. The van der Waals surface area contributed by atoms with Crippen LogP contribution < -0.4 is 0 Å². The highest BCUT2D eigenvalue weighted by molar-refractivity contribution is 5.90. The van der Waals surface area contributed by atoms with Crippen molar-refractivity contribution in [2.45, 2.75) is 51.9 Å². The molecule has 0 aliphatic heterocycles. The lowest BCUT2D eigenvalue weighted by atomic mass is 9.95. The van der Waals surface area contributed by atoms with Crippen molar-refractivity contribution in [3.8, 4) is 0 Å². The Bertz CT molecular complexity index is 657. The Morgan fingerprint density at radius 1 is 1.04 bits per heavy atom. The highest BCUT2D eigenvalue weighted by Gasteiger charge is 2.43. The topological polar surface area (TPSA) is 119 Å². The summed E-state index contributed by atoms with van der Waals surface area (Å²) in [6.07, 6.45) is -2.22. The minimum atomic E-state index is -2.38. The average molecular weight is 382 g/mol. The fraction of sp³-hybridized carbons (Fsp3) is 0.526. The molecule has 0 fully saturated rings. The fourth-order valence-electron chi connectivity index (χ4n) is 2.54. The standard InChI is InChI=1S/C19H26O8/c1-4-25-16(21)10-19(24,18(23)26-5-2)11-17(22)27-13(3)15-9-7-6-8-14(15)12-20/h6-9,13,20,24H,4-5,10-12H2,1-3H3. The van der Waals surface area contributed by atoms with E-state index in [0.717, 1.165) is 0 Å². The van der Waals surface area contributed by atoms with Crippen LogP contribution in [0.1, 0.15) is 50.8 Å². The number of hydrogen-bond acceptors (Lipinski definition) is 8. The fourth-order valence-corrected chi connectivity index (χ4v) is 2.54. The van der Waals surface area contributed by atoms with E-state index in [1.54, 1.807) is 38.1 Å². The molecular weight excluding hydrogens is 356 g/mol. The van der Waals surface area contributed by atoms with Crippen molar-refractivity contribution in [1.29, 1.82) is 0 Å². The molecule has 8 nitrogen and oxygen atoms in total. The Hall–Kier alpha value is -2.45. The van der Waals surface area contributed by atoms with Gasteiger partial charge in [-0.15, -0.1) is 0 Å². The number of aliphatic hydroxyl groups excluding tert-OH is 1. The van der Waals surface area contributed by atoms with Gasteiger partial charge >= 0.3 is 17.9 Å². The molecule has 150 valence electrons. The third kappa shape index (κ3) is 6.65. The SMILES string of the molecule is CCOC(=O)CC(O)(CC(=O)OC(C)c1ccccc1CO)C(=O)OCC. The number of carbonyl (C=O) groups excluding carboxylic acids is 3. The lowest BCUT2D eigenvalue weighted by Gasteiger charge is -2.25. The van der Waals surface area contributed by atoms with Crippen LogP contribution in [0.2, 0.25) is 0 Å². The van der Waals surface area contributed by atoms with Crippen molar-refractivity contribution >= 4 is 17.9 Å². The normalized spacial score (nSPS) is 14.0. The van der Waals surface area contributed by atoms with E-state index >= 15 is 0 Å². The zero-order chi connectivity index (χ0) is 20.4. The quantitative estimate of drug-likeness (QED) is 0.461. The summed E-state index contributed by atoms with van der Waals surface area (Å²) >= 11 is 0. The maximum Gasteiger partial charge on any atom is 0.339 e. The van der Waals surface area contributed by atoms with Gasteiger partial charge in [-0.2, -0.15) is 0 Å². The van der Waals surface area contributed by atoms with Crippen LogP contribution in [-0.4, -0.2) is 46.9 Å². The number of rotatable bonds is 10. The van der Waals surface area contributed by atoms with Crippen LogP contribution in [0.3, 0.4) is 0 Å². The number of hydrogen-bond donors (Lipinski definition) is 2. The van der Waals surface area contributed by atoms with Gasteiger partial charge in [0.2, 0.25) is 0 Å². The summed E-state index contributed by atoms with van der Waals surface area (Å²) in [6, 6.07) is 6.85. The van der Waals surface area contributed by atoms with Crippen molar-refractivity contribution in [2.24, 2.45) is 0 Å². The van der Waals surface area contributed by atoms with E-state index in [4.69, 9.17) is 14.2 Å². The second kappa shape index (κ2) is 10.6. The first-order chi connectivity index (χ1) is 12.8. The molecular formula is C19H26O8. The lowest BCUT2D eigenvalue weighted by Crippen LogP contribution is -2.45. The van der Waals surface area contributed by atoms with Gasteiger partial charge in [0, 0.05) is 0 Å². The molecule has 2 N–H and O–H groups in total. The number of carbonyl (C=O) groups is 3. The highest BCUT2D eigenvalue weighted by Crippen LogP contribution is 2.25. The summed E-state index contributed by atoms with van der Waals surface area (Å²) in [5.74, 6) is -2.83. The third-order valence-electron chi connectivity index (χ3n) is 3.81. The van der Waals surface area contributed by atoms with Gasteiger partial charge in [-0.25, -0.2) is 4.79 Å². The number of ether oxygens (including phenoxy) is 3. The molecule has 0 aliphatic rings. The Balaban J connectivity index is 2.89. The summed E-state index contributed by atoms with van der Waals surface area (Å²) in [5, 5.41) is 19.9. The first-order valence-electron chi connectivity index (χ1n) is 8.70. The van der Waals surface area contributed by atoms with Crippen LogP contribution in [0.5, 0.6) is 0 Å². The van der Waals surface area contributed by atoms with Gasteiger partial charge in [-0.1, -0.05) is 24.3 Å². The summed E-state index contributed by atoms with van der Waals surface area (Å²) in [4.78, 5) is 36.1. The van der Waals surface area contributed by atoms with Gasteiger partial charge in [0.25, 0.3) is 0 Å². The Kier molecular flexibility index (Phi) is 8.90. The van der Waals surface area contributed by atoms with Crippen molar-refractivity contribution in [1.82, 2.24) is 0 Å². The molecule has 0 heterocycles. The number of benzene rings is 1. The van der Waals surface area contributed by atoms with Gasteiger partial charge in [-0.05, 0) is 31.9 Å². The first-order valence-corrected chi connectivity index (χ1v) is 8.70. The van der Waals surface area contributed by atoms with Gasteiger partial charge in [0.1, 0.15) is 6.10 Å². The molecule has 2 unspecified atom stereocenters. The average Bonchev–Trinajstić information content (AvgIpc) is 2.61. The largest absolute Gasteiger partial charge is 0.466 e. The van der Waals surface area contributed by atoms with Gasteiger partial charge in [-0.3, -0.25) is 9.59 Å². The highest BCUT2D eigenvalue weighted by atomic mass is 16.6. The van der Waals surface area contributed by atoms with Gasteiger partial charge in [0.15, 0.2) is 5.60 Å². The summed E-state index contributed by atoms with van der Waals surface area (Å²) in [6.45, 7) is 4.52. The molecule has 2 atom stereocenters. The maximum absolute atomic E-state index is 12.3. The van der Waals surface area contributed by atoms with E-state index in [0.29, 0.717) is 11.1 Å². The Labute approximate surface area is 158 Å². The second-order valence-corrected chi connectivity index (χ2v) is 5.90. The zero-order valence-corrected chi connectivity index (χ0v) is 15.8. The van der Waals surface area contributed by atoms with Crippen molar-refractivity contribution in [2.75, 3.05) is 13.2 Å². The molecule has 8 heteroatoms. The maximum atomic E-state index is 12.3. The van der Waals surface area contributed by atoms with Crippen molar-refractivity contribution in [3.63, 3.8) is 0 Å². The van der Waals surface area contributed by atoms with E-state index in [1.807, 2.05) is 0 Å². The first kappa shape index (κ1) is 22.6. The van der Waals surface area contributed by atoms with Crippen LogP contribution in [0.25, 0.3) is 0 Å². The smallest absolute Gasteiger partial charge is 0.339 e. The van der Waals surface area contributed by atoms with Crippen LogP contribution in [-0.2, 0) is 35.2 Å². The molecule has 0 saturated heterocycles. The van der Waals surface area contributed by atoms with E-state index in [1.165, 1.54) is 6.92 Å². The lowest BCUT2D eigenvalue weighted by molar-refractivity contribution is -0.178. The molecule has 1 aromatic carbocycles. The molecule has 0 radical (unpaired) electrons. The van der Waals surface area contributed by atoms with E-state index in [2.05, 4.69) is 0 Å². The van der Waals surface area contributed by atoms with Gasteiger partial charge in [0.05, 0.1) is 32.7 Å². The van der Waals surface area contributed by atoms with Crippen LogP contribution in [0, 0.1) is 0 Å². The molecule has 0 spiro atoms. The minimum Gasteiger partial charge on any atom is -0.466 e. The number of esters is 3. The van der Waals surface area contributed by atoms with Crippen molar-refractivity contribution in [3.05, 3.63) is 35.4 Å². The molecule has 1 aromatic rings. The zero-order valence-electron chi connectivity index (χ0n) is 15.8. The van der Waals surface area contributed by atoms with Crippen LogP contribution in [0.4, 0.5) is 0 Å². The molecule has 1 rings (SSSR count). The van der Waals surface area contributed by atoms with Crippen LogP contribution in [0.15, 0.2) is 24.3 Å². The molecule has 27 heavy (non-hydrogen) atoms.